The Morgan fingerprint density at radius 2 is 2.20 bits per heavy atom. The van der Waals surface area contributed by atoms with Gasteiger partial charge in [-0.2, -0.15) is 9.40 Å². The number of nitrogens with two attached hydrogens (primary N) is 1. The highest BCUT2D eigenvalue weighted by molar-refractivity contribution is 7.89. The van der Waals surface area contributed by atoms with Crippen molar-refractivity contribution in [1.82, 2.24) is 19.4 Å². The number of hydrogen-bond donors (Lipinski definition) is 2. The summed E-state index contributed by atoms with van der Waals surface area (Å²) < 4.78 is 27.0. The summed E-state index contributed by atoms with van der Waals surface area (Å²) in [7, 11) is -3.54. The zero-order chi connectivity index (χ0) is 14.3. The molecule has 112 valence electrons. The molecule has 3 N–H and O–H groups in total. The monoisotopic (exact) mass is 299 g/mol. The molecule has 0 saturated carbocycles. The first-order chi connectivity index (χ1) is 9.54. The lowest BCUT2D eigenvalue weighted by atomic mass is 10.2. The van der Waals surface area contributed by atoms with E-state index in [-0.39, 0.29) is 11.6 Å². The number of fused-ring (bicyclic) bond motifs is 1. The molecule has 0 aromatic carbocycles. The maximum absolute atomic E-state index is 12.7. The summed E-state index contributed by atoms with van der Waals surface area (Å²) in [6.45, 7) is 4.98. The van der Waals surface area contributed by atoms with Gasteiger partial charge in [0, 0.05) is 43.5 Å². The molecular formula is C12H21N5O2S. The second kappa shape index (κ2) is 5.10. The third kappa shape index (κ3) is 2.16. The van der Waals surface area contributed by atoms with E-state index in [1.807, 2.05) is 0 Å². The van der Waals surface area contributed by atoms with E-state index in [1.54, 1.807) is 11.2 Å². The molecule has 3 rings (SSSR count). The van der Waals surface area contributed by atoms with Gasteiger partial charge in [-0.05, 0) is 26.3 Å². The topological polar surface area (TPSA) is 95.3 Å². The third-order valence-electron chi connectivity index (χ3n) is 4.37. The molecule has 7 nitrogen and oxygen atoms in total. The Bertz CT molecular complexity index is 597. The molecule has 2 fully saturated rings. The molecule has 1 aromatic rings. The number of nitrogens with zero attached hydrogens (tertiary/aromatic N) is 3. The number of aryl methyl sites for hydroxylation is 1. The van der Waals surface area contributed by atoms with Crippen LogP contribution in [0.2, 0.25) is 0 Å². The Morgan fingerprint density at radius 1 is 1.40 bits per heavy atom. The number of nitrogens with one attached hydrogen (secondary N) is 1. The first-order valence-electron chi connectivity index (χ1n) is 7.02. The largest absolute Gasteiger partial charge is 0.326 e. The van der Waals surface area contributed by atoms with Crippen molar-refractivity contribution in [3.8, 4) is 0 Å². The van der Waals surface area contributed by atoms with E-state index in [0.717, 1.165) is 31.6 Å². The van der Waals surface area contributed by atoms with Crippen molar-refractivity contribution in [1.29, 1.82) is 0 Å². The molecule has 2 saturated heterocycles. The highest BCUT2D eigenvalue weighted by Crippen LogP contribution is 2.26. The molecular weight excluding hydrogens is 278 g/mol. The SMILES string of the molecule is Cc1[nH]nc(S(=O)(=O)N2CCN3CCCC3C2)c1CN. The minimum absolute atomic E-state index is 0.101. The molecule has 1 atom stereocenters. The van der Waals surface area contributed by atoms with Crippen LogP contribution in [-0.4, -0.2) is 60.0 Å². The number of rotatable bonds is 3. The van der Waals surface area contributed by atoms with Crippen LogP contribution in [0.25, 0.3) is 0 Å². The first kappa shape index (κ1) is 14.0. The fraction of sp³-hybridized carbons (Fsp3) is 0.750. The third-order valence-corrected chi connectivity index (χ3v) is 6.21. The van der Waals surface area contributed by atoms with Crippen LogP contribution < -0.4 is 5.73 Å². The lowest BCUT2D eigenvalue weighted by Crippen LogP contribution is -2.52. The highest BCUT2D eigenvalue weighted by atomic mass is 32.2. The van der Waals surface area contributed by atoms with E-state index in [2.05, 4.69) is 15.1 Å². The van der Waals surface area contributed by atoms with Crippen molar-refractivity contribution >= 4 is 10.0 Å². The maximum Gasteiger partial charge on any atom is 0.262 e. The van der Waals surface area contributed by atoms with Crippen LogP contribution in [0.4, 0.5) is 0 Å². The molecule has 20 heavy (non-hydrogen) atoms. The molecule has 2 aliphatic rings. The summed E-state index contributed by atoms with van der Waals surface area (Å²) in [5.41, 5.74) is 6.98. The fourth-order valence-corrected chi connectivity index (χ4v) is 4.83. The molecule has 1 aromatic heterocycles. The minimum atomic E-state index is -3.54. The molecule has 0 radical (unpaired) electrons. The standard InChI is InChI=1S/C12H21N5O2S/c1-9-11(7-13)12(15-14-9)20(18,19)17-6-5-16-4-2-3-10(16)8-17/h10H,2-8,13H2,1H3,(H,14,15). The summed E-state index contributed by atoms with van der Waals surface area (Å²) in [5, 5.41) is 6.81. The van der Waals surface area contributed by atoms with Gasteiger partial charge in [0.15, 0.2) is 5.03 Å². The van der Waals surface area contributed by atoms with Crippen LogP contribution in [0.1, 0.15) is 24.1 Å². The Labute approximate surface area is 119 Å². The molecule has 0 amide bonds. The average Bonchev–Trinajstić information content (AvgIpc) is 3.03. The number of sulfonamides is 1. The van der Waals surface area contributed by atoms with Crippen molar-refractivity contribution in [2.75, 3.05) is 26.2 Å². The first-order valence-corrected chi connectivity index (χ1v) is 8.46. The van der Waals surface area contributed by atoms with Crippen LogP contribution in [0.5, 0.6) is 0 Å². The van der Waals surface area contributed by atoms with Crippen molar-refractivity contribution in [2.45, 2.75) is 37.4 Å². The summed E-state index contributed by atoms with van der Waals surface area (Å²) in [4.78, 5) is 2.38. The summed E-state index contributed by atoms with van der Waals surface area (Å²) in [6, 6.07) is 0.361. The second-order valence-electron chi connectivity index (χ2n) is 5.53. The van der Waals surface area contributed by atoms with Gasteiger partial charge in [-0.25, -0.2) is 8.42 Å². The van der Waals surface area contributed by atoms with E-state index < -0.39 is 10.0 Å². The quantitative estimate of drug-likeness (QED) is 0.795. The maximum atomic E-state index is 12.7. The summed E-state index contributed by atoms with van der Waals surface area (Å²) in [5.74, 6) is 0. The predicted molar refractivity (Wildman–Crippen MR) is 74.6 cm³/mol. The van der Waals surface area contributed by atoms with Gasteiger partial charge >= 0.3 is 0 Å². The zero-order valence-corrected chi connectivity index (χ0v) is 12.5. The van der Waals surface area contributed by atoms with Crippen LogP contribution in [0, 0.1) is 6.92 Å². The van der Waals surface area contributed by atoms with Gasteiger partial charge in [0.1, 0.15) is 0 Å². The smallest absolute Gasteiger partial charge is 0.262 e. The molecule has 8 heteroatoms. The second-order valence-corrected chi connectivity index (χ2v) is 7.38. The number of aromatic nitrogens is 2. The van der Waals surface area contributed by atoms with E-state index >= 15 is 0 Å². The summed E-state index contributed by atoms with van der Waals surface area (Å²) in [6.07, 6.45) is 2.24. The minimum Gasteiger partial charge on any atom is -0.326 e. The van der Waals surface area contributed by atoms with Gasteiger partial charge in [-0.3, -0.25) is 10.00 Å². The number of H-pyrrole nitrogens is 1. The highest BCUT2D eigenvalue weighted by Gasteiger charge is 2.38. The van der Waals surface area contributed by atoms with Crippen LogP contribution in [0.15, 0.2) is 5.03 Å². The van der Waals surface area contributed by atoms with E-state index in [4.69, 9.17) is 5.73 Å². The summed E-state index contributed by atoms with van der Waals surface area (Å²) >= 11 is 0. The lowest BCUT2D eigenvalue weighted by Gasteiger charge is -2.36. The van der Waals surface area contributed by atoms with Gasteiger partial charge in [0.05, 0.1) is 0 Å². The normalized spacial score (nSPS) is 25.0. The Balaban J connectivity index is 1.88. The van der Waals surface area contributed by atoms with Gasteiger partial charge < -0.3 is 5.73 Å². The number of hydrogen-bond acceptors (Lipinski definition) is 5. The Hall–Kier alpha value is -0.960. The molecule has 3 heterocycles. The predicted octanol–water partition coefficient (Wildman–Crippen LogP) is -0.354. The molecule has 0 aliphatic carbocycles. The van der Waals surface area contributed by atoms with E-state index in [0.29, 0.717) is 24.7 Å². The Morgan fingerprint density at radius 3 is 2.95 bits per heavy atom. The van der Waals surface area contributed by atoms with Crippen LogP contribution >= 0.6 is 0 Å². The van der Waals surface area contributed by atoms with E-state index in [9.17, 15) is 8.42 Å². The average molecular weight is 299 g/mol. The number of aromatic amines is 1. The fourth-order valence-electron chi connectivity index (χ4n) is 3.19. The Kier molecular flexibility index (Phi) is 3.57. The van der Waals surface area contributed by atoms with Gasteiger partial charge in [-0.15, -0.1) is 0 Å². The molecule has 1 unspecified atom stereocenters. The van der Waals surface area contributed by atoms with Crippen LogP contribution in [-0.2, 0) is 16.6 Å². The van der Waals surface area contributed by atoms with Gasteiger partial charge in [0.25, 0.3) is 10.0 Å². The van der Waals surface area contributed by atoms with Crippen molar-refractivity contribution in [2.24, 2.45) is 5.73 Å². The zero-order valence-electron chi connectivity index (χ0n) is 11.7. The van der Waals surface area contributed by atoms with Crippen molar-refractivity contribution in [3.63, 3.8) is 0 Å². The van der Waals surface area contributed by atoms with Crippen molar-refractivity contribution < 1.29 is 8.42 Å². The van der Waals surface area contributed by atoms with E-state index in [1.165, 1.54) is 0 Å². The van der Waals surface area contributed by atoms with Crippen molar-refractivity contribution in [3.05, 3.63) is 11.3 Å². The molecule has 0 bridgehead atoms. The lowest BCUT2D eigenvalue weighted by molar-refractivity contribution is 0.158. The van der Waals surface area contributed by atoms with Crippen LogP contribution in [0.3, 0.4) is 0 Å². The molecule has 2 aliphatic heterocycles. The number of piperazine rings is 1. The van der Waals surface area contributed by atoms with Gasteiger partial charge in [-0.1, -0.05) is 0 Å². The van der Waals surface area contributed by atoms with Gasteiger partial charge in [0.2, 0.25) is 0 Å². The molecule has 0 spiro atoms.